The van der Waals surface area contributed by atoms with Crippen LogP contribution in [-0.4, -0.2) is 18.7 Å². The van der Waals surface area contributed by atoms with Gasteiger partial charge in [-0.3, -0.25) is 0 Å². The summed E-state index contributed by atoms with van der Waals surface area (Å²) in [7, 11) is -3.34. The predicted molar refractivity (Wildman–Crippen MR) is 91.2 cm³/mol. The van der Waals surface area contributed by atoms with Crippen molar-refractivity contribution in [3.8, 4) is 0 Å². The molecule has 0 bridgehead atoms. The molecular formula is C16H21ClN2O2S. The first-order valence-electron chi connectivity index (χ1n) is 7.20. The van der Waals surface area contributed by atoms with Gasteiger partial charge in [-0.15, -0.1) is 0 Å². The van der Waals surface area contributed by atoms with Crippen LogP contribution in [0.15, 0.2) is 29.2 Å². The quantitative estimate of drug-likeness (QED) is 0.904. The number of hydrogen-bond donors (Lipinski definition) is 1. The number of aromatic nitrogens is 1. The Morgan fingerprint density at radius 3 is 2.32 bits per heavy atom. The average Bonchev–Trinajstić information content (AvgIpc) is 2.65. The summed E-state index contributed by atoms with van der Waals surface area (Å²) in [5.74, 6) is 0.431. The first-order valence-corrected chi connectivity index (χ1v) is 9.23. The van der Waals surface area contributed by atoms with Gasteiger partial charge < -0.3 is 10.3 Å². The van der Waals surface area contributed by atoms with Gasteiger partial charge in [-0.2, -0.15) is 0 Å². The zero-order chi connectivity index (χ0) is 16.5. The van der Waals surface area contributed by atoms with Crippen LogP contribution < -0.4 is 5.73 Å². The Balaban J connectivity index is 2.48. The van der Waals surface area contributed by atoms with E-state index in [0.29, 0.717) is 23.8 Å². The summed E-state index contributed by atoms with van der Waals surface area (Å²) < 4.78 is 26.7. The first kappa shape index (κ1) is 16.9. The summed E-state index contributed by atoms with van der Waals surface area (Å²) in [6.07, 6.45) is 0.572. The minimum absolute atomic E-state index is 0.114. The van der Waals surface area contributed by atoms with Crippen molar-refractivity contribution in [3.05, 3.63) is 46.1 Å². The van der Waals surface area contributed by atoms with Crippen LogP contribution in [0.2, 0.25) is 5.02 Å². The molecule has 0 aliphatic carbocycles. The van der Waals surface area contributed by atoms with E-state index < -0.39 is 9.84 Å². The second-order valence-electron chi connectivity index (χ2n) is 5.46. The van der Waals surface area contributed by atoms with Crippen LogP contribution in [0.25, 0.3) is 0 Å². The second-order valence-corrected chi connectivity index (χ2v) is 7.94. The number of halogens is 1. The van der Waals surface area contributed by atoms with Crippen molar-refractivity contribution in [3.63, 3.8) is 0 Å². The summed E-state index contributed by atoms with van der Waals surface area (Å²) in [5, 5.41) is 0.670. The molecule has 22 heavy (non-hydrogen) atoms. The summed E-state index contributed by atoms with van der Waals surface area (Å²) in [6, 6.07) is 7.45. The zero-order valence-corrected chi connectivity index (χ0v) is 14.6. The third kappa shape index (κ3) is 3.15. The molecule has 1 aromatic carbocycles. The number of benzene rings is 1. The van der Waals surface area contributed by atoms with Crippen LogP contribution in [-0.2, 0) is 16.4 Å². The fourth-order valence-electron chi connectivity index (χ4n) is 2.60. The number of nitrogen functional groups attached to an aromatic ring is 1. The Hall–Kier alpha value is -1.46. The molecule has 0 unspecified atom stereocenters. The molecule has 120 valence electrons. The van der Waals surface area contributed by atoms with Gasteiger partial charge in [0.25, 0.3) is 0 Å². The third-order valence-electron chi connectivity index (χ3n) is 3.85. The molecule has 1 aromatic heterocycles. The molecule has 1 heterocycles. The average molecular weight is 341 g/mol. The maximum absolute atomic E-state index is 12.4. The number of sulfone groups is 1. The molecular weight excluding hydrogens is 320 g/mol. The van der Waals surface area contributed by atoms with Gasteiger partial charge in [0.1, 0.15) is 10.7 Å². The van der Waals surface area contributed by atoms with Gasteiger partial charge in [0, 0.05) is 17.3 Å². The maximum Gasteiger partial charge on any atom is 0.182 e. The molecule has 0 aliphatic rings. The van der Waals surface area contributed by atoms with Gasteiger partial charge in [0.2, 0.25) is 0 Å². The van der Waals surface area contributed by atoms with Crippen LogP contribution in [0.4, 0.5) is 5.82 Å². The second kappa shape index (κ2) is 6.34. The molecule has 0 saturated carbocycles. The van der Waals surface area contributed by atoms with Gasteiger partial charge in [-0.25, -0.2) is 8.42 Å². The van der Waals surface area contributed by atoms with E-state index in [4.69, 9.17) is 17.3 Å². The highest BCUT2D eigenvalue weighted by atomic mass is 35.5. The minimum atomic E-state index is -3.34. The van der Waals surface area contributed by atoms with Gasteiger partial charge in [0.05, 0.1) is 5.75 Å². The van der Waals surface area contributed by atoms with Crippen molar-refractivity contribution in [2.24, 2.45) is 0 Å². The van der Waals surface area contributed by atoms with Crippen molar-refractivity contribution in [1.82, 2.24) is 4.57 Å². The number of hydrogen-bond acceptors (Lipinski definition) is 3. The lowest BCUT2D eigenvalue weighted by Gasteiger charge is -2.10. The van der Waals surface area contributed by atoms with E-state index in [1.54, 1.807) is 0 Å². The molecule has 0 atom stereocenters. The highest BCUT2D eigenvalue weighted by Crippen LogP contribution is 2.30. The molecule has 0 aliphatic heterocycles. The van der Waals surface area contributed by atoms with Gasteiger partial charge >= 0.3 is 0 Å². The summed E-state index contributed by atoms with van der Waals surface area (Å²) in [6.45, 7) is 6.08. The number of rotatable bonds is 5. The predicted octanol–water partition coefficient (Wildman–Crippen LogP) is 3.57. The van der Waals surface area contributed by atoms with Crippen molar-refractivity contribution >= 4 is 27.3 Å². The van der Waals surface area contributed by atoms with Gasteiger partial charge in [-0.05, 0) is 43.5 Å². The van der Waals surface area contributed by atoms with Crippen LogP contribution in [0, 0.1) is 13.8 Å². The molecule has 2 aromatic rings. The third-order valence-corrected chi connectivity index (χ3v) is 6.18. The van der Waals surface area contributed by atoms with Crippen molar-refractivity contribution in [1.29, 1.82) is 0 Å². The normalized spacial score (nSPS) is 11.8. The molecule has 0 amide bonds. The summed E-state index contributed by atoms with van der Waals surface area (Å²) in [4.78, 5) is 0.279. The SMILES string of the molecule is CCCS(=O)(=O)c1c(C)c(C)n(Cc2ccc(Cl)cc2)c1N. The topological polar surface area (TPSA) is 65.1 Å². The lowest BCUT2D eigenvalue weighted by molar-refractivity contribution is 0.594. The van der Waals surface area contributed by atoms with Crippen LogP contribution >= 0.6 is 11.6 Å². The summed E-state index contributed by atoms with van der Waals surface area (Å²) in [5.41, 5.74) is 8.79. The lowest BCUT2D eigenvalue weighted by Crippen LogP contribution is -2.11. The van der Waals surface area contributed by atoms with Crippen LogP contribution in [0.1, 0.15) is 30.2 Å². The van der Waals surface area contributed by atoms with E-state index in [0.717, 1.165) is 16.8 Å². The standard InChI is InChI=1S/C16H21ClN2O2S/c1-4-9-22(20,21)15-11(2)12(3)19(16(15)18)10-13-5-7-14(17)8-6-13/h5-8H,4,9-10,18H2,1-3H3. The lowest BCUT2D eigenvalue weighted by atomic mass is 10.2. The number of nitrogens with zero attached hydrogens (tertiary/aromatic N) is 1. The molecule has 4 nitrogen and oxygen atoms in total. The molecule has 2 rings (SSSR count). The van der Waals surface area contributed by atoms with Gasteiger partial charge in [-0.1, -0.05) is 30.7 Å². The smallest absolute Gasteiger partial charge is 0.182 e. The fourth-order valence-corrected chi connectivity index (χ4v) is 4.51. The molecule has 0 saturated heterocycles. The Labute approximate surface area is 136 Å². The monoisotopic (exact) mass is 340 g/mol. The van der Waals surface area contributed by atoms with E-state index >= 15 is 0 Å². The number of anilines is 1. The fraction of sp³-hybridized carbons (Fsp3) is 0.375. The number of nitrogens with two attached hydrogens (primary N) is 1. The van der Waals surface area contributed by atoms with E-state index in [2.05, 4.69) is 0 Å². The van der Waals surface area contributed by atoms with Crippen molar-refractivity contribution in [2.75, 3.05) is 11.5 Å². The first-order chi connectivity index (χ1) is 10.3. The van der Waals surface area contributed by atoms with E-state index in [1.807, 2.05) is 49.6 Å². The van der Waals surface area contributed by atoms with E-state index in [1.165, 1.54) is 0 Å². The minimum Gasteiger partial charge on any atom is -0.384 e. The molecule has 0 radical (unpaired) electrons. The molecule has 6 heteroatoms. The van der Waals surface area contributed by atoms with Crippen molar-refractivity contribution < 1.29 is 8.42 Å². The summed E-state index contributed by atoms with van der Waals surface area (Å²) >= 11 is 5.89. The zero-order valence-electron chi connectivity index (χ0n) is 13.1. The Morgan fingerprint density at radius 2 is 1.77 bits per heavy atom. The van der Waals surface area contributed by atoms with Crippen LogP contribution in [0.5, 0.6) is 0 Å². The van der Waals surface area contributed by atoms with Crippen molar-refractivity contribution in [2.45, 2.75) is 38.6 Å². The van der Waals surface area contributed by atoms with Gasteiger partial charge in [0.15, 0.2) is 9.84 Å². The molecule has 0 spiro atoms. The highest BCUT2D eigenvalue weighted by molar-refractivity contribution is 7.91. The Morgan fingerprint density at radius 1 is 1.18 bits per heavy atom. The molecule has 0 fully saturated rings. The Bertz CT molecular complexity index is 777. The largest absolute Gasteiger partial charge is 0.384 e. The maximum atomic E-state index is 12.4. The van der Waals surface area contributed by atoms with Crippen LogP contribution in [0.3, 0.4) is 0 Å². The van der Waals surface area contributed by atoms with E-state index in [-0.39, 0.29) is 10.6 Å². The highest BCUT2D eigenvalue weighted by Gasteiger charge is 2.25. The Kier molecular flexibility index (Phi) is 4.87. The molecule has 2 N–H and O–H groups in total. The van der Waals surface area contributed by atoms with E-state index in [9.17, 15) is 8.42 Å².